The number of nitrogens with zero attached hydrogens (tertiary/aromatic N) is 4. The molecule has 4 aromatic rings. The number of carbonyl (C=O) groups is 2. The zero-order valence-electron chi connectivity index (χ0n) is 27.9. The second-order valence-electron chi connectivity index (χ2n) is 13.0. The Morgan fingerprint density at radius 2 is 1.68 bits per heavy atom. The first kappa shape index (κ1) is 34.0. The lowest BCUT2D eigenvalue weighted by Crippen LogP contribution is -2.48. The number of hydrogen-bond donors (Lipinski definition) is 1. The molecule has 2 saturated heterocycles. The molecule has 10 nitrogen and oxygen atoms in total. The maximum atomic E-state index is 13.2. The van der Waals surface area contributed by atoms with Crippen LogP contribution in [0.15, 0.2) is 72.9 Å². The van der Waals surface area contributed by atoms with Gasteiger partial charge in [-0.3, -0.25) is 14.5 Å². The molecule has 12 heteroatoms. The van der Waals surface area contributed by atoms with E-state index in [1.165, 1.54) is 11.6 Å². The molecule has 4 heterocycles. The van der Waals surface area contributed by atoms with E-state index in [1.807, 2.05) is 24.0 Å². The van der Waals surface area contributed by atoms with Crippen LogP contribution >= 0.6 is 23.2 Å². The number of fused-ring (bicyclic) bond motifs is 1. The number of piperidine rings is 1. The fourth-order valence-corrected chi connectivity index (χ4v) is 6.94. The number of aryl methyl sites for hydroxylation is 1. The molecule has 50 heavy (non-hydrogen) atoms. The number of rotatable bonds is 9. The third-order valence-corrected chi connectivity index (χ3v) is 10.3. The zero-order chi connectivity index (χ0) is 34.6. The van der Waals surface area contributed by atoms with Crippen LogP contribution in [0.25, 0.3) is 0 Å². The van der Waals surface area contributed by atoms with Crippen LogP contribution in [-0.2, 0) is 11.3 Å². The van der Waals surface area contributed by atoms with E-state index in [0.717, 1.165) is 81.4 Å². The summed E-state index contributed by atoms with van der Waals surface area (Å²) in [6, 6.07) is 20.5. The van der Waals surface area contributed by atoms with Crippen molar-refractivity contribution in [2.45, 2.75) is 32.7 Å². The molecule has 3 aromatic carbocycles. The first-order valence-electron chi connectivity index (χ1n) is 16.9. The third-order valence-electron chi connectivity index (χ3n) is 9.56. The van der Waals surface area contributed by atoms with Gasteiger partial charge >= 0.3 is 0 Å². The molecule has 0 atom stereocenters. The van der Waals surface area contributed by atoms with Crippen LogP contribution in [0.5, 0.6) is 23.1 Å². The quantitative estimate of drug-likeness (QED) is 0.191. The molecular weight excluding hydrogens is 677 g/mol. The summed E-state index contributed by atoms with van der Waals surface area (Å²) in [5.41, 5.74) is 4.27. The predicted molar refractivity (Wildman–Crippen MR) is 194 cm³/mol. The fraction of sp³-hybridized carbons (Fsp3) is 0.342. The van der Waals surface area contributed by atoms with Crippen molar-refractivity contribution in [2.24, 2.45) is 5.92 Å². The van der Waals surface area contributed by atoms with E-state index >= 15 is 0 Å². The lowest BCUT2D eigenvalue weighted by Gasteiger charge is -2.37. The number of halogens is 2. The Morgan fingerprint density at radius 1 is 0.880 bits per heavy atom. The van der Waals surface area contributed by atoms with Crippen LogP contribution in [0, 0.1) is 12.8 Å². The first-order valence-corrected chi connectivity index (χ1v) is 17.7. The normalized spacial score (nSPS) is 16.4. The highest BCUT2D eigenvalue weighted by molar-refractivity contribution is 6.42. The Balaban J connectivity index is 0.843. The van der Waals surface area contributed by atoms with Crippen LogP contribution in [-0.4, -0.2) is 72.7 Å². The number of benzene rings is 3. The van der Waals surface area contributed by atoms with Crippen molar-refractivity contribution in [1.82, 2.24) is 14.8 Å². The van der Waals surface area contributed by atoms with Crippen molar-refractivity contribution in [3.05, 3.63) is 99.7 Å². The number of hydrogen-bond acceptors (Lipinski definition) is 8. The highest BCUT2D eigenvalue weighted by atomic mass is 35.5. The van der Waals surface area contributed by atoms with Gasteiger partial charge in [0.25, 0.3) is 5.91 Å². The van der Waals surface area contributed by atoms with Crippen LogP contribution in [0.2, 0.25) is 10.0 Å². The summed E-state index contributed by atoms with van der Waals surface area (Å²) in [7, 11) is 0. The Morgan fingerprint density at radius 3 is 2.42 bits per heavy atom. The van der Waals surface area contributed by atoms with Crippen LogP contribution in [0.4, 0.5) is 11.4 Å². The average molecular weight is 717 g/mol. The lowest BCUT2D eigenvalue weighted by molar-refractivity contribution is -0.134. The molecule has 3 aliphatic rings. The largest absolute Gasteiger partial charge is 0.454 e. The molecule has 3 aliphatic heterocycles. The molecule has 0 bridgehead atoms. The molecule has 7 rings (SSSR count). The van der Waals surface area contributed by atoms with E-state index in [1.54, 1.807) is 30.5 Å². The Kier molecular flexibility index (Phi) is 10.3. The van der Waals surface area contributed by atoms with Gasteiger partial charge in [-0.1, -0.05) is 29.3 Å². The van der Waals surface area contributed by atoms with E-state index in [-0.39, 0.29) is 18.6 Å². The van der Waals surface area contributed by atoms with Gasteiger partial charge in [-0.25, -0.2) is 4.98 Å². The molecule has 0 unspecified atom stereocenters. The van der Waals surface area contributed by atoms with E-state index in [2.05, 4.69) is 44.4 Å². The number of pyridine rings is 1. The number of nitrogens with one attached hydrogen (secondary N) is 1. The summed E-state index contributed by atoms with van der Waals surface area (Å²) < 4.78 is 17.0. The van der Waals surface area contributed by atoms with Gasteiger partial charge in [0, 0.05) is 69.6 Å². The molecule has 1 N–H and O–H groups in total. The monoisotopic (exact) mass is 715 g/mol. The minimum absolute atomic E-state index is 0.277. The van der Waals surface area contributed by atoms with Crippen molar-refractivity contribution >= 4 is 46.4 Å². The minimum atomic E-state index is -0.315. The van der Waals surface area contributed by atoms with Gasteiger partial charge in [-0.05, 0) is 91.4 Å². The van der Waals surface area contributed by atoms with E-state index in [4.69, 9.17) is 37.4 Å². The Bertz CT molecular complexity index is 1860. The second-order valence-corrected chi connectivity index (χ2v) is 13.8. The van der Waals surface area contributed by atoms with E-state index in [0.29, 0.717) is 45.3 Å². The molecule has 2 fully saturated rings. The average Bonchev–Trinajstić information content (AvgIpc) is 3.60. The van der Waals surface area contributed by atoms with E-state index < -0.39 is 0 Å². The number of piperazine rings is 1. The van der Waals surface area contributed by atoms with Crippen molar-refractivity contribution in [1.29, 1.82) is 0 Å². The van der Waals surface area contributed by atoms with Crippen molar-refractivity contribution in [3.63, 3.8) is 0 Å². The van der Waals surface area contributed by atoms with Gasteiger partial charge in [0.15, 0.2) is 11.5 Å². The van der Waals surface area contributed by atoms with Gasteiger partial charge in [0.2, 0.25) is 18.6 Å². The lowest BCUT2D eigenvalue weighted by atomic mass is 9.92. The minimum Gasteiger partial charge on any atom is -0.454 e. The van der Waals surface area contributed by atoms with Gasteiger partial charge in [-0.2, -0.15) is 0 Å². The number of ether oxygens (including phenoxy) is 3. The molecule has 0 saturated carbocycles. The molecule has 0 radical (unpaired) electrons. The smallest absolute Gasteiger partial charge is 0.255 e. The van der Waals surface area contributed by atoms with Crippen molar-refractivity contribution in [2.75, 3.05) is 56.3 Å². The van der Waals surface area contributed by atoms with Crippen molar-refractivity contribution in [3.8, 4) is 23.1 Å². The molecule has 260 valence electrons. The van der Waals surface area contributed by atoms with E-state index in [9.17, 15) is 9.59 Å². The van der Waals surface area contributed by atoms with Gasteiger partial charge in [0.1, 0.15) is 5.75 Å². The highest BCUT2D eigenvalue weighted by Crippen LogP contribution is 2.34. The first-order chi connectivity index (χ1) is 24.3. The highest BCUT2D eigenvalue weighted by Gasteiger charge is 2.27. The maximum Gasteiger partial charge on any atom is 0.255 e. The van der Waals surface area contributed by atoms with Crippen LogP contribution in [0.1, 0.15) is 40.7 Å². The maximum absolute atomic E-state index is 13.2. The van der Waals surface area contributed by atoms with Crippen LogP contribution in [0.3, 0.4) is 0 Å². The fourth-order valence-electron chi connectivity index (χ4n) is 6.64. The standard InChI is InChI=1S/C38H39Cl2N5O5/c1-25-18-30(5-8-33(25)50-36-9-4-29(22-41-36)42-38(47)28-3-6-31(39)32(40)21-28)44-12-10-26(11-13-44)20-37(46)45-16-14-43(15-17-45)23-27-2-7-34-35(19-27)49-24-48-34/h2-9,18-19,21-22,26H,10-17,20,23-24H2,1H3,(H,42,47). The SMILES string of the molecule is Cc1cc(N2CCC(CC(=O)N3CCN(Cc4ccc5c(c4)OCO5)CC3)CC2)ccc1Oc1ccc(NC(=O)c2ccc(Cl)c(Cl)c2)cn1. The number of anilines is 2. The summed E-state index contributed by atoms with van der Waals surface area (Å²) >= 11 is 12.0. The molecule has 1 aromatic heterocycles. The van der Waals surface area contributed by atoms with Gasteiger partial charge < -0.3 is 29.3 Å². The summed E-state index contributed by atoms with van der Waals surface area (Å²) in [5.74, 6) is 3.11. The van der Waals surface area contributed by atoms with Gasteiger partial charge in [0.05, 0.1) is 21.9 Å². The van der Waals surface area contributed by atoms with Crippen molar-refractivity contribution < 1.29 is 23.8 Å². The third kappa shape index (κ3) is 8.09. The summed E-state index contributed by atoms with van der Waals surface area (Å²) in [6.45, 7) is 8.26. The Hall–Kier alpha value is -4.51. The number of carbonyl (C=O) groups excluding carboxylic acids is 2. The summed E-state index contributed by atoms with van der Waals surface area (Å²) in [5, 5.41) is 3.51. The summed E-state index contributed by atoms with van der Waals surface area (Å²) in [4.78, 5) is 37.0. The molecule has 0 aliphatic carbocycles. The second kappa shape index (κ2) is 15.2. The Labute approximate surface area is 301 Å². The molecular formula is C38H39Cl2N5O5. The zero-order valence-corrected chi connectivity index (χ0v) is 29.4. The summed E-state index contributed by atoms with van der Waals surface area (Å²) in [6.07, 6.45) is 4.15. The molecule has 0 spiro atoms. The number of aromatic nitrogens is 1. The molecule has 2 amide bonds. The number of amides is 2. The predicted octanol–water partition coefficient (Wildman–Crippen LogP) is 7.42. The van der Waals surface area contributed by atoms with Crippen LogP contribution < -0.4 is 24.4 Å². The van der Waals surface area contributed by atoms with Gasteiger partial charge in [-0.15, -0.1) is 0 Å². The topological polar surface area (TPSA) is 96.5 Å².